The fourth-order valence-corrected chi connectivity index (χ4v) is 2.92. The third-order valence-electron chi connectivity index (χ3n) is 4.29. The van der Waals surface area contributed by atoms with Crippen LogP contribution in [-0.2, 0) is 4.74 Å². The Morgan fingerprint density at radius 1 is 1.12 bits per heavy atom. The van der Waals surface area contributed by atoms with Gasteiger partial charge >= 0.3 is 0 Å². The van der Waals surface area contributed by atoms with Crippen molar-refractivity contribution in [3.63, 3.8) is 0 Å². The summed E-state index contributed by atoms with van der Waals surface area (Å²) in [6, 6.07) is 15.6. The van der Waals surface area contributed by atoms with E-state index in [-0.39, 0.29) is 23.5 Å². The van der Waals surface area contributed by atoms with Crippen LogP contribution in [0.5, 0.6) is 0 Å². The van der Waals surface area contributed by atoms with Crippen molar-refractivity contribution in [1.29, 1.82) is 0 Å². The Labute approximate surface area is 149 Å². The van der Waals surface area contributed by atoms with Crippen LogP contribution in [0.1, 0.15) is 22.2 Å². The van der Waals surface area contributed by atoms with Gasteiger partial charge in [-0.1, -0.05) is 30.3 Å². The molecule has 1 unspecified atom stereocenters. The number of ether oxygens (including phenoxy) is 1. The van der Waals surface area contributed by atoms with Gasteiger partial charge in [0.25, 0.3) is 5.91 Å². The summed E-state index contributed by atoms with van der Waals surface area (Å²) in [6.45, 7) is 1.29. The monoisotopic (exact) mass is 352 g/mol. The maximum absolute atomic E-state index is 13.1. The van der Waals surface area contributed by atoms with E-state index in [0.29, 0.717) is 19.7 Å². The van der Waals surface area contributed by atoms with Crippen molar-refractivity contribution in [3.05, 3.63) is 77.9 Å². The van der Waals surface area contributed by atoms with E-state index in [0.717, 1.165) is 11.3 Å². The minimum Gasteiger partial charge on any atom is -0.370 e. The Hall–Kier alpha value is -3.06. The van der Waals surface area contributed by atoms with Crippen LogP contribution in [0.3, 0.4) is 0 Å². The molecule has 6 nitrogen and oxygen atoms in total. The van der Waals surface area contributed by atoms with E-state index in [4.69, 9.17) is 4.74 Å². The van der Waals surface area contributed by atoms with E-state index < -0.39 is 0 Å². The lowest BCUT2D eigenvalue weighted by atomic mass is 10.1. The summed E-state index contributed by atoms with van der Waals surface area (Å²) in [6.07, 6.45) is 1.19. The largest absolute Gasteiger partial charge is 0.370 e. The fourth-order valence-electron chi connectivity index (χ4n) is 2.92. The summed E-state index contributed by atoms with van der Waals surface area (Å²) in [5.41, 5.74) is 1.92. The molecule has 2 aromatic carbocycles. The topological polar surface area (TPSA) is 60.2 Å². The molecule has 0 bridgehead atoms. The van der Waals surface area contributed by atoms with Crippen molar-refractivity contribution in [3.8, 4) is 5.69 Å². The quantitative estimate of drug-likeness (QED) is 0.727. The van der Waals surface area contributed by atoms with Crippen LogP contribution in [0, 0.1) is 5.82 Å². The number of amides is 1. The number of rotatable bonds is 3. The summed E-state index contributed by atoms with van der Waals surface area (Å²) in [4.78, 5) is 15.9. The van der Waals surface area contributed by atoms with Crippen LogP contribution >= 0.6 is 0 Å². The van der Waals surface area contributed by atoms with Gasteiger partial charge in [0, 0.05) is 6.54 Å². The van der Waals surface area contributed by atoms with Crippen molar-refractivity contribution in [2.24, 2.45) is 0 Å². The van der Waals surface area contributed by atoms with Crippen LogP contribution in [0.25, 0.3) is 5.69 Å². The van der Waals surface area contributed by atoms with Crippen molar-refractivity contribution in [2.45, 2.75) is 6.10 Å². The Morgan fingerprint density at radius 2 is 1.88 bits per heavy atom. The van der Waals surface area contributed by atoms with E-state index in [2.05, 4.69) is 10.2 Å². The molecule has 1 saturated heterocycles. The summed E-state index contributed by atoms with van der Waals surface area (Å²) >= 11 is 0. The standard InChI is InChI=1S/C19H17FN4O2/c20-15-8-6-14(7-9-15)18-13-23(10-11-26-18)19(25)17-12-21-24(22-17)16-4-2-1-3-5-16/h1-9,12,18H,10-11,13H2. The predicted molar refractivity (Wildman–Crippen MR) is 92.4 cm³/mol. The summed E-state index contributed by atoms with van der Waals surface area (Å²) < 4.78 is 18.8. The molecule has 7 heteroatoms. The Kier molecular flexibility index (Phi) is 4.45. The minimum atomic E-state index is -0.296. The molecule has 1 aliphatic heterocycles. The third kappa shape index (κ3) is 3.34. The average molecular weight is 352 g/mol. The Bertz CT molecular complexity index is 895. The summed E-state index contributed by atoms with van der Waals surface area (Å²) in [5.74, 6) is -0.488. The molecule has 132 valence electrons. The number of para-hydroxylation sites is 1. The van der Waals surface area contributed by atoms with Crippen molar-refractivity contribution in [1.82, 2.24) is 19.9 Å². The predicted octanol–water partition coefficient (Wildman–Crippen LogP) is 2.62. The zero-order valence-electron chi connectivity index (χ0n) is 14.0. The molecule has 3 aromatic rings. The number of benzene rings is 2. The number of aromatic nitrogens is 3. The van der Waals surface area contributed by atoms with Gasteiger partial charge in [-0.15, -0.1) is 5.10 Å². The second kappa shape index (κ2) is 7.05. The minimum absolute atomic E-state index is 0.192. The number of carbonyl (C=O) groups excluding carboxylic acids is 1. The van der Waals surface area contributed by atoms with Crippen molar-refractivity contribution < 1.29 is 13.9 Å². The smallest absolute Gasteiger partial charge is 0.276 e. The van der Waals surface area contributed by atoms with E-state index in [1.807, 2.05) is 30.3 Å². The summed E-state index contributed by atoms with van der Waals surface area (Å²) in [5, 5.41) is 8.46. The molecule has 1 atom stereocenters. The fraction of sp³-hybridized carbons (Fsp3) is 0.211. The van der Waals surface area contributed by atoms with Crippen LogP contribution in [-0.4, -0.2) is 45.5 Å². The number of halogens is 1. The highest BCUT2D eigenvalue weighted by atomic mass is 19.1. The van der Waals surface area contributed by atoms with Gasteiger partial charge in [0.2, 0.25) is 0 Å². The normalized spacial score (nSPS) is 17.3. The van der Waals surface area contributed by atoms with Gasteiger partial charge in [0.15, 0.2) is 5.69 Å². The lowest BCUT2D eigenvalue weighted by Gasteiger charge is -2.32. The second-order valence-corrected chi connectivity index (χ2v) is 6.02. The molecular formula is C19H17FN4O2. The molecule has 4 rings (SSSR count). The zero-order valence-corrected chi connectivity index (χ0v) is 14.0. The number of nitrogens with zero attached hydrogens (tertiary/aromatic N) is 4. The van der Waals surface area contributed by atoms with Gasteiger partial charge in [-0.05, 0) is 29.8 Å². The molecule has 2 heterocycles. The highest BCUT2D eigenvalue weighted by Gasteiger charge is 2.27. The van der Waals surface area contributed by atoms with Gasteiger partial charge in [0.1, 0.15) is 11.9 Å². The molecule has 26 heavy (non-hydrogen) atoms. The first-order chi connectivity index (χ1) is 12.7. The Balaban J connectivity index is 1.49. The molecule has 1 fully saturated rings. The first-order valence-electron chi connectivity index (χ1n) is 8.35. The molecule has 0 N–H and O–H groups in total. The molecule has 1 amide bonds. The highest BCUT2D eigenvalue weighted by molar-refractivity contribution is 5.92. The molecule has 1 aromatic heterocycles. The number of hydrogen-bond acceptors (Lipinski definition) is 4. The molecule has 1 aliphatic rings. The third-order valence-corrected chi connectivity index (χ3v) is 4.29. The summed E-state index contributed by atoms with van der Waals surface area (Å²) in [7, 11) is 0. The van der Waals surface area contributed by atoms with Gasteiger partial charge in [0.05, 0.1) is 25.0 Å². The van der Waals surface area contributed by atoms with E-state index >= 15 is 0 Å². The molecular weight excluding hydrogens is 335 g/mol. The average Bonchev–Trinajstić information content (AvgIpc) is 3.19. The number of hydrogen-bond donors (Lipinski definition) is 0. The maximum atomic E-state index is 13.1. The van der Waals surface area contributed by atoms with E-state index in [9.17, 15) is 9.18 Å². The number of carbonyl (C=O) groups is 1. The zero-order chi connectivity index (χ0) is 17.9. The van der Waals surface area contributed by atoms with E-state index in [1.165, 1.54) is 23.1 Å². The second-order valence-electron chi connectivity index (χ2n) is 6.02. The maximum Gasteiger partial charge on any atom is 0.276 e. The van der Waals surface area contributed by atoms with E-state index in [1.54, 1.807) is 17.0 Å². The Morgan fingerprint density at radius 3 is 2.65 bits per heavy atom. The SMILES string of the molecule is O=C(c1cnn(-c2ccccc2)n1)N1CCOC(c2ccc(F)cc2)C1. The lowest BCUT2D eigenvalue weighted by Crippen LogP contribution is -2.42. The first kappa shape index (κ1) is 16.4. The van der Waals surface area contributed by atoms with Crippen molar-refractivity contribution >= 4 is 5.91 Å². The van der Waals surface area contributed by atoms with Gasteiger partial charge in [-0.3, -0.25) is 4.79 Å². The number of morpholine rings is 1. The van der Waals surface area contributed by atoms with Crippen LogP contribution in [0.4, 0.5) is 4.39 Å². The van der Waals surface area contributed by atoms with Crippen LogP contribution in [0.15, 0.2) is 60.8 Å². The van der Waals surface area contributed by atoms with Gasteiger partial charge in [-0.25, -0.2) is 4.39 Å². The van der Waals surface area contributed by atoms with Crippen LogP contribution < -0.4 is 0 Å². The lowest BCUT2D eigenvalue weighted by molar-refractivity contribution is -0.0230. The first-order valence-corrected chi connectivity index (χ1v) is 8.35. The highest BCUT2D eigenvalue weighted by Crippen LogP contribution is 2.23. The van der Waals surface area contributed by atoms with Crippen LogP contribution in [0.2, 0.25) is 0 Å². The van der Waals surface area contributed by atoms with Gasteiger partial charge < -0.3 is 9.64 Å². The molecule has 0 radical (unpaired) electrons. The van der Waals surface area contributed by atoms with Crippen molar-refractivity contribution in [2.75, 3.05) is 19.7 Å². The van der Waals surface area contributed by atoms with Gasteiger partial charge in [-0.2, -0.15) is 9.90 Å². The molecule has 0 spiro atoms. The molecule has 0 aliphatic carbocycles. The molecule has 0 saturated carbocycles.